The van der Waals surface area contributed by atoms with Gasteiger partial charge in [0.2, 0.25) is 0 Å². The number of nitrogens with zero attached hydrogens (tertiary/aromatic N) is 1. The zero-order valence-electron chi connectivity index (χ0n) is 12.4. The molecule has 1 N–H and O–H groups in total. The van der Waals surface area contributed by atoms with Crippen LogP contribution in [0.2, 0.25) is 0 Å². The SMILES string of the molecule is CC(N1CCC(OC(=O)NC(C)(C)C)CC1)C(F)(F)F. The quantitative estimate of drug-likeness (QED) is 0.852. The van der Waals surface area contributed by atoms with Gasteiger partial charge in [0.05, 0.1) is 0 Å². The van der Waals surface area contributed by atoms with Crippen LogP contribution in [-0.4, -0.2) is 47.9 Å². The van der Waals surface area contributed by atoms with Crippen molar-refractivity contribution >= 4 is 6.09 Å². The molecule has 20 heavy (non-hydrogen) atoms. The second-order valence-corrected chi connectivity index (χ2v) is 6.23. The average Bonchev–Trinajstić information content (AvgIpc) is 2.25. The third-order valence-electron chi connectivity index (χ3n) is 3.25. The lowest BCUT2D eigenvalue weighted by Crippen LogP contribution is -2.49. The van der Waals surface area contributed by atoms with Gasteiger partial charge in [-0.25, -0.2) is 4.79 Å². The third-order valence-corrected chi connectivity index (χ3v) is 3.25. The van der Waals surface area contributed by atoms with Crippen LogP contribution in [0.25, 0.3) is 0 Å². The highest BCUT2D eigenvalue weighted by Gasteiger charge is 2.41. The van der Waals surface area contributed by atoms with Crippen molar-refractivity contribution in [2.75, 3.05) is 13.1 Å². The highest BCUT2D eigenvalue weighted by Crippen LogP contribution is 2.27. The lowest BCUT2D eigenvalue weighted by molar-refractivity contribution is -0.183. The number of amides is 1. The van der Waals surface area contributed by atoms with Crippen LogP contribution in [-0.2, 0) is 4.74 Å². The number of rotatable bonds is 2. The average molecular weight is 296 g/mol. The van der Waals surface area contributed by atoms with Gasteiger partial charge in [0.15, 0.2) is 0 Å². The largest absolute Gasteiger partial charge is 0.446 e. The van der Waals surface area contributed by atoms with E-state index in [2.05, 4.69) is 5.32 Å². The fourth-order valence-electron chi connectivity index (χ4n) is 2.07. The Bertz CT molecular complexity index is 331. The van der Waals surface area contributed by atoms with Gasteiger partial charge in [0.25, 0.3) is 0 Å². The van der Waals surface area contributed by atoms with E-state index in [1.54, 1.807) is 0 Å². The zero-order valence-corrected chi connectivity index (χ0v) is 12.4. The number of ether oxygens (including phenoxy) is 1. The smallest absolute Gasteiger partial charge is 0.407 e. The predicted molar refractivity (Wildman–Crippen MR) is 69.5 cm³/mol. The van der Waals surface area contributed by atoms with Crippen LogP contribution in [0.1, 0.15) is 40.5 Å². The molecule has 0 aliphatic carbocycles. The maximum atomic E-state index is 12.6. The van der Waals surface area contributed by atoms with E-state index >= 15 is 0 Å². The Balaban J connectivity index is 2.38. The van der Waals surface area contributed by atoms with E-state index in [0.717, 1.165) is 6.92 Å². The maximum Gasteiger partial charge on any atom is 0.407 e. The van der Waals surface area contributed by atoms with Crippen LogP contribution in [0, 0.1) is 0 Å². The molecule has 1 heterocycles. The fourth-order valence-corrected chi connectivity index (χ4v) is 2.07. The number of nitrogens with one attached hydrogen (secondary N) is 1. The standard InChI is InChI=1S/C13H23F3N2O2/c1-9(13(14,15)16)18-7-5-10(6-8-18)20-11(19)17-12(2,3)4/h9-10H,5-8H2,1-4H3,(H,17,19). The second-order valence-electron chi connectivity index (χ2n) is 6.23. The Labute approximate surface area is 117 Å². The first-order valence-corrected chi connectivity index (χ1v) is 6.78. The number of carbonyl (C=O) groups is 1. The number of alkyl halides is 3. The first kappa shape index (κ1) is 17.1. The monoisotopic (exact) mass is 296 g/mol. The first-order chi connectivity index (χ1) is 8.99. The summed E-state index contributed by atoms with van der Waals surface area (Å²) in [6.07, 6.45) is -4.18. The van der Waals surface area contributed by atoms with Crippen molar-refractivity contribution in [2.24, 2.45) is 0 Å². The van der Waals surface area contributed by atoms with Crippen molar-refractivity contribution < 1.29 is 22.7 Å². The summed E-state index contributed by atoms with van der Waals surface area (Å²) in [5.74, 6) is 0. The number of hydrogen-bond acceptors (Lipinski definition) is 3. The molecule has 1 atom stereocenters. The Hall–Kier alpha value is -0.980. The van der Waals surface area contributed by atoms with Crippen molar-refractivity contribution in [3.05, 3.63) is 0 Å². The first-order valence-electron chi connectivity index (χ1n) is 6.78. The summed E-state index contributed by atoms with van der Waals surface area (Å²) in [5.41, 5.74) is -0.386. The van der Waals surface area contributed by atoms with Crippen molar-refractivity contribution in [3.8, 4) is 0 Å². The van der Waals surface area contributed by atoms with Gasteiger partial charge in [-0.15, -0.1) is 0 Å². The minimum atomic E-state index is -4.21. The summed E-state index contributed by atoms with van der Waals surface area (Å²) in [6, 6.07) is -1.45. The topological polar surface area (TPSA) is 41.6 Å². The van der Waals surface area contributed by atoms with Crippen LogP contribution in [0.3, 0.4) is 0 Å². The second kappa shape index (κ2) is 6.20. The predicted octanol–water partition coefficient (Wildman–Crippen LogP) is 2.93. The summed E-state index contributed by atoms with van der Waals surface area (Å²) >= 11 is 0. The van der Waals surface area contributed by atoms with Crippen LogP contribution in [0.15, 0.2) is 0 Å². The molecule has 1 aliphatic rings. The van der Waals surface area contributed by atoms with Crippen molar-refractivity contribution in [2.45, 2.75) is 64.4 Å². The minimum absolute atomic E-state index is 0.286. The highest BCUT2D eigenvalue weighted by atomic mass is 19.4. The summed E-state index contributed by atoms with van der Waals surface area (Å²) < 4.78 is 43.0. The van der Waals surface area contributed by atoms with Crippen LogP contribution in [0.4, 0.5) is 18.0 Å². The van der Waals surface area contributed by atoms with E-state index in [1.165, 1.54) is 4.90 Å². The van der Waals surface area contributed by atoms with Gasteiger partial charge in [-0.1, -0.05) is 0 Å². The molecule has 1 unspecified atom stereocenters. The normalized spacial score (nSPS) is 20.6. The summed E-state index contributed by atoms with van der Waals surface area (Å²) in [7, 11) is 0. The lowest BCUT2D eigenvalue weighted by Gasteiger charge is -2.36. The van der Waals surface area contributed by atoms with Gasteiger partial charge in [-0.05, 0) is 40.5 Å². The molecule has 7 heteroatoms. The number of halogens is 3. The Morgan fingerprint density at radius 1 is 1.25 bits per heavy atom. The minimum Gasteiger partial charge on any atom is -0.446 e. The van der Waals surface area contributed by atoms with Gasteiger partial charge < -0.3 is 10.1 Å². The molecule has 0 bridgehead atoms. The Kier molecular flexibility index (Phi) is 5.29. The lowest BCUT2D eigenvalue weighted by atomic mass is 10.1. The van der Waals surface area contributed by atoms with Crippen LogP contribution in [0.5, 0.6) is 0 Å². The summed E-state index contributed by atoms with van der Waals surface area (Å²) in [6.45, 7) is 7.24. The van der Waals surface area contributed by atoms with Crippen molar-refractivity contribution in [1.29, 1.82) is 0 Å². The van der Waals surface area contributed by atoms with E-state index in [4.69, 9.17) is 4.74 Å². The molecule has 1 rings (SSSR count). The van der Waals surface area contributed by atoms with Gasteiger partial charge >= 0.3 is 12.3 Å². The van der Waals surface area contributed by atoms with Crippen molar-refractivity contribution in [1.82, 2.24) is 10.2 Å². The zero-order chi connectivity index (χ0) is 15.6. The molecule has 0 aromatic rings. The van der Waals surface area contributed by atoms with Crippen LogP contribution >= 0.6 is 0 Å². The highest BCUT2D eigenvalue weighted by molar-refractivity contribution is 5.68. The number of hydrogen-bond donors (Lipinski definition) is 1. The number of carbonyl (C=O) groups excluding carboxylic acids is 1. The molecule has 4 nitrogen and oxygen atoms in total. The van der Waals surface area contributed by atoms with E-state index < -0.39 is 18.3 Å². The van der Waals surface area contributed by atoms with Gasteiger partial charge in [-0.3, -0.25) is 4.90 Å². The molecule has 0 radical (unpaired) electrons. The number of likely N-dealkylation sites (tertiary alicyclic amines) is 1. The molecule has 1 saturated heterocycles. The van der Waals surface area contributed by atoms with Gasteiger partial charge in [0, 0.05) is 18.6 Å². The molecule has 1 fully saturated rings. The Morgan fingerprint density at radius 2 is 1.75 bits per heavy atom. The summed E-state index contributed by atoms with van der Waals surface area (Å²) in [5, 5.41) is 2.67. The Morgan fingerprint density at radius 3 is 2.15 bits per heavy atom. The molecule has 1 amide bonds. The molecule has 0 saturated carbocycles. The van der Waals surface area contributed by atoms with E-state index in [1.807, 2.05) is 20.8 Å². The summed E-state index contributed by atoms with van der Waals surface area (Å²) in [4.78, 5) is 13.0. The van der Waals surface area contributed by atoms with Crippen LogP contribution < -0.4 is 5.32 Å². The molecule has 0 aromatic carbocycles. The van der Waals surface area contributed by atoms with Crippen molar-refractivity contribution in [3.63, 3.8) is 0 Å². The number of alkyl carbamates (subject to hydrolysis) is 1. The molecule has 1 aliphatic heterocycles. The van der Waals surface area contributed by atoms with E-state index in [9.17, 15) is 18.0 Å². The number of piperidine rings is 1. The van der Waals surface area contributed by atoms with E-state index in [0.29, 0.717) is 12.8 Å². The van der Waals surface area contributed by atoms with Gasteiger partial charge in [-0.2, -0.15) is 13.2 Å². The maximum absolute atomic E-state index is 12.6. The third kappa shape index (κ3) is 5.56. The molecular weight excluding hydrogens is 273 g/mol. The molecule has 118 valence electrons. The molecule has 0 spiro atoms. The van der Waals surface area contributed by atoms with Gasteiger partial charge in [0.1, 0.15) is 12.1 Å². The van der Waals surface area contributed by atoms with E-state index in [-0.39, 0.29) is 24.7 Å². The fraction of sp³-hybridized carbons (Fsp3) is 0.923. The molecule has 0 aromatic heterocycles. The molecular formula is C13H23F3N2O2.